The summed E-state index contributed by atoms with van der Waals surface area (Å²) in [4.78, 5) is 35.4. The van der Waals surface area contributed by atoms with Crippen LogP contribution in [0.2, 0.25) is 0 Å². The molecule has 0 spiro atoms. The maximum absolute atomic E-state index is 12.5. The number of carbonyl (C=O) groups is 3. The molecule has 0 radical (unpaired) electrons. The molecule has 1 fully saturated rings. The third-order valence-corrected chi connectivity index (χ3v) is 4.50. The van der Waals surface area contributed by atoms with Gasteiger partial charge in [-0.2, -0.15) is 0 Å². The zero-order valence-corrected chi connectivity index (χ0v) is 11.7. The Morgan fingerprint density at radius 2 is 1.73 bits per heavy atom. The van der Waals surface area contributed by atoms with E-state index in [1.807, 2.05) is 12.2 Å². The lowest BCUT2D eigenvalue weighted by atomic mass is 9.82. The summed E-state index contributed by atoms with van der Waals surface area (Å²) < 4.78 is 0. The second kappa shape index (κ2) is 5.29. The van der Waals surface area contributed by atoms with E-state index in [4.69, 9.17) is 5.73 Å². The monoisotopic (exact) mass is 300 g/mol. The zero-order chi connectivity index (χ0) is 15.9. The molecule has 0 heterocycles. The van der Waals surface area contributed by atoms with Crippen molar-refractivity contribution in [3.8, 4) is 0 Å². The molecule has 2 aliphatic carbocycles. The number of para-hydroxylation sites is 1. The smallest absolute Gasteiger partial charge is 0.307 e. The van der Waals surface area contributed by atoms with E-state index in [0.717, 1.165) is 0 Å². The van der Waals surface area contributed by atoms with Gasteiger partial charge in [0.05, 0.1) is 23.1 Å². The number of carbonyl (C=O) groups excluding carboxylic acids is 2. The van der Waals surface area contributed by atoms with Crippen LogP contribution in [0.15, 0.2) is 36.4 Å². The molecule has 2 bridgehead atoms. The summed E-state index contributed by atoms with van der Waals surface area (Å²) in [6.07, 6.45) is 4.48. The fraction of sp³-hybridized carbons (Fsp3) is 0.312. The molecule has 0 unspecified atom stereocenters. The summed E-state index contributed by atoms with van der Waals surface area (Å²) >= 11 is 0. The summed E-state index contributed by atoms with van der Waals surface area (Å²) in [6, 6.07) is 6.43. The highest BCUT2D eigenvalue weighted by atomic mass is 16.4. The minimum absolute atomic E-state index is 0.0631. The molecule has 2 amide bonds. The number of fused-ring (bicyclic) bond motifs is 2. The van der Waals surface area contributed by atoms with Crippen LogP contribution in [0.4, 0.5) is 5.69 Å². The number of carboxylic acids is 1. The normalized spacial score (nSPS) is 28.5. The Balaban J connectivity index is 1.85. The summed E-state index contributed by atoms with van der Waals surface area (Å²) in [6.45, 7) is 0. The number of hydrogen-bond acceptors (Lipinski definition) is 3. The van der Waals surface area contributed by atoms with E-state index in [1.54, 1.807) is 18.2 Å². The Bertz CT molecular complexity index is 682. The maximum atomic E-state index is 12.5. The number of amides is 2. The lowest BCUT2D eigenvalue weighted by Crippen LogP contribution is -2.36. The third-order valence-electron chi connectivity index (χ3n) is 4.50. The highest BCUT2D eigenvalue weighted by Gasteiger charge is 2.51. The third kappa shape index (κ3) is 2.26. The van der Waals surface area contributed by atoms with Crippen molar-refractivity contribution >= 4 is 23.5 Å². The van der Waals surface area contributed by atoms with Crippen LogP contribution in [-0.4, -0.2) is 22.9 Å². The fourth-order valence-electron chi connectivity index (χ4n) is 3.54. The molecule has 1 aromatic carbocycles. The van der Waals surface area contributed by atoms with E-state index in [-0.39, 0.29) is 23.3 Å². The van der Waals surface area contributed by atoms with Crippen molar-refractivity contribution in [2.24, 2.45) is 29.4 Å². The summed E-state index contributed by atoms with van der Waals surface area (Å²) in [5.41, 5.74) is 5.81. The molecule has 4 atom stereocenters. The molecule has 22 heavy (non-hydrogen) atoms. The van der Waals surface area contributed by atoms with Gasteiger partial charge in [-0.3, -0.25) is 14.4 Å². The first kappa shape index (κ1) is 14.3. The van der Waals surface area contributed by atoms with Gasteiger partial charge in [0.1, 0.15) is 0 Å². The predicted molar refractivity (Wildman–Crippen MR) is 78.9 cm³/mol. The molecule has 1 aromatic rings. The standard InChI is InChI=1S/C16H16N2O4/c17-14(19)10-3-1-2-4-11(10)18-15(20)12-8-5-6-9(7-8)13(12)16(21)22/h1-6,8-9,12-13H,7H2,(H2,17,19)(H,18,20)(H,21,22)/t8-,9-,12-,13-/m0/s1. The van der Waals surface area contributed by atoms with E-state index < -0.39 is 23.7 Å². The Hall–Kier alpha value is -2.63. The van der Waals surface area contributed by atoms with Crippen molar-refractivity contribution in [2.45, 2.75) is 6.42 Å². The Labute approximate surface area is 127 Å². The largest absolute Gasteiger partial charge is 0.481 e. The lowest BCUT2D eigenvalue weighted by Gasteiger charge is -2.24. The van der Waals surface area contributed by atoms with Crippen molar-refractivity contribution < 1.29 is 19.5 Å². The average Bonchev–Trinajstić information content (AvgIpc) is 3.08. The van der Waals surface area contributed by atoms with E-state index in [2.05, 4.69) is 5.32 Å². The lowest BCUT2D eigenvalue weighted by molar-refractivity contribution is -0.146. The molecule has 114 valence electrons. The second-order valence-electron chi connectivity index (χ2n) is 5.74. The van der Waals surface area contributed by atoms with Crippen LogP contribution >= 0.6 is 0 Å². The highest BCUT2D eigenvalue weighted by molar-refractivity contribution is 6.04. The molecule has 0 saturated heterocycles. The van der Waals surface area contributed by atoms with Gasteiger partial charge in [-0.05, 0) is 30.4 Å². The molecule has 6 nitrogen and oxygen atoms in total. The minimum atomic E-state index is -0.958. The molecule has 0 aromatic heterocycles. The van der Waals surface area contributed by atoms with Crippen LogP contribution in [-0.2, 0) is 9.59 Å². The van der Waals surface area contributed by atoms with Crippen LogP contribution in [0.1, 0.15) is 16.8 Å². The number of hydrogen-bond donors (Lipinski definition) is 3. The Kier molecular flexibility index (Phi) is 3.44. The van der Waals surface area contributed by atoms with Crippen molar-refractivity contribution in [1.82, 2.24) is 0 Å². The zero-order valence-electron chi connectivity index (χ0n) is 11.7. The number of nitrogens with one attached hydrogen (secondary N) is 1. The first-order valence-corrected chi connectivity index (χ1v) is 7.10. The number of anilines is 1. The van der Waals surface area contributed by atoms with Gasteiger partial charge in [-0.15, -0.1) is 0 Å². The SMILES string of the molecule is NC(=O)c1ccccc1NC(=O)[C@@H]1[C@@H](C(=O)O)[C@H]2C=C[C@H]1C2. The molecule has 4 N–H and O–H groups in total. The molecule has 0 aliphatic heterocycles. The first-order chi connectivity index (χ1) is 10.5. The Morgan fingerprint density at radius 1 is 1.09 bits per heavy atom. The van der Waals surface area contributed by atoms with Gasteiger partial charge in [0.25, 0.3) is 5.91 Å². The van der Waals surface area contributed by atoms with Crippen LogP contribution in [0.3, 0.4) is 0 Å². The van der Waals surface area contributed by atoms with Crippen LogP contribution in [0, 0.1) is 23.7 Å². The molecule has 3 rings (SSSR count). The van der Waals surface area contributed by atoms with Crippen molar-refractivity contribution in [2.75, 3.05) is 5.32 Å². The van der Waals surface area contributed by atoms with E-state index in [0.29, 0.717) is 12.1 Å². The number of allylic oxidation sites excluding steroid dienone is 2. The van der Waals surface area contributed by atoms with E-state index in [9.17, 15) is 19.5 Å². The Morgan fingerprint density at radius 3 is 2.36 bits per heavy atom. The quantitative estimate of drug-likeness (QED) is 0.727. The first-order valence-electron chi connectivity index (χ1n) is 7.10. The summed E-state index contributed by atoms with van der Waals surface area (Å²) in [7, 11) is 0. The van der Waals surface area contributed by atoms with E-state index >= 15 is 0 Å². The number of primary amides is 1. The van der Waals surface area contributed by atoms with Gasteiger partial charge >= 0.3 is 5.97 Å². The number of carboxylic acid groups (broad SMARTS) is 1. The molecule has 2 aliphatic rings. The van der Waals surface area contributed by atoms with Crippen LogP contribution < -0.4 is 11.1 Å². The molecular weight excluding hydrogens is 284 g/mol. The molecule has 1 saturated carbocycles. The van der Waals surface area contributed by atoms with Crippen molar-refractivity contribution in [3.05, 3.63) is 42.0 Å². The topological polar surface area (TPSA) is 109 Å². The molecular formula is C16H16N2O4. The van der Waals surface area contributed by atoms with Gasteiger partial charge in [-0.25, -0.2) is 0 Å². The predicted octanol–water partition coefficient (Wildman–Crippen LogP) is 1.25. The number of aliphatic carboxylic acids is 1. The average molecular weight is 300 g/mol. The van der Waals surface area contributed by atoms with Crippen molar-refractivity contribution in [1.29, 1.82) is 0 Å². The summed E-state index contributed by atoms with van der Waals surface area (Å²) in [5, 5.41) is 12.0. The van der Waals surface area contributed by atoms with Gasteiger partial charge in [0.15, 0.2) is 0 Å². The van der Waals surface area contributed by atoms with Gasteiger partial charge < -0.3 is 16.2 Å². The minimum Gasteiger partial charge on any atom is -0.481 e. The highest BCUT2D eigenvalue weighted by Crippen LogP contribution is 2.48. The summed E-state index contributed by atoms with van der Waals surface area (Å²) in [5.74, 6) is -3.46. The second-order valence-corrected chi connectivity index (χ2v) is 5.74. The van der Waals surface area contributed by atoms with Gasteiger partial charge in [0, 0.05) is 0 Å². The van der Waals surface area contributed by atoms with Crippen LogP contribution in [0.25, 0.3) is 0 Å². The van der Waals surface area contributed by atoms with Crippen molar-refractivity contribution in [3.63, 3.8) is 0 Å². The maximum Gasteiger partial charge on any atom is 0.307 e. The fourth-order valence-corrected chi connectivity index (χ4v) is 3.54. The van der Waals surface area contributed by atoms with Gasteiger partial charge in [-0.1, -0.05) is 24.3 Å². The molecule has 6 heteroatoms. The van der Waals surface area contributed by atoms with E-state index in [1.165, 1.54) is 6.07 Å². The number of nitrogens with two attached hydrogens (primary N) is 1. The van der Waals surface area contributed by atoms with Gasteiger partial charge in [0.2, 0.25) is 5.91 Å². The number of rotatable bonds is 4. The number of benzene rings is 1. The van der Waals surface area contributed by atoms with Crippen LogP contribution in [0.5, 0.6) is 0 Å².